The predicted octanol–water partition coefficient (Wildman–Crippen LogP) is 2.78. The van der Waals surface area contributed by atoms with Gasteiger partial charge in [-0.3, -0.25) is 9.59 Å². The Morgan fingerprint density at radius 2 is 1.95 bits per heavy atom. The molecule has 0 aliphatic rings. The standard InChI is InChI=1S/C15H21NO3S/c1-3-4-13(15(18)19)9-16-14(17)12-7-5-11(6-8-12)10-20-2/h5-8,13H,3-4,9-10H2,1-2H3,(H,16,17)(H,18,19). The van der Waals surface area contributed by atoms with Crippen molar-refractivity contribution in [2.24, 2.45) is 5.92 Å². The highest BCUT2D eigenvalue weighted by Crippen LogP contribution is 2.11. The number of hydrogen-bond acceptors (Lipinski definition) is 3. The van der Waals surface area contributed by atoms with Crippen molar-refractivity contribution in [2.75, 3.05) is 12.8 Å². The van der Waals surface area contributed by atoms with E-state index in [2.05, 4.69) is 5.32 Å². The molecule has 1 unspecified atom stereocenters. The summed E-state index contributed by atoms with van der Waals surface area (Å²) in [6.07, 6.45) is 3.39. The summed E-state index contributed by atoms with van der Waals surface area (Å²) in [5, 5.41) is 11.7. The maximum Gasteiger partial charge on any atom is 0.308 e. The summed E-state index contributed by atoms with van der Waals surface area (Å²) in [5.74, 6) is -0.676. The molecular formula is C15H21NO3S. The van der Waals surface area contributed by atoms with Gasteiger partial charge in [0.25, 0.3) is 5.91 Å². The van der Waals surface area contributed by atoms with Crippen LogP contribution in [0, 0.1) is 5.92 Å². The van der Waals surface area contributed by atoms with Gasteiger partial charge in [0.1, 0.15) is 0 Å². The highest BCUT2D eigenvalue weighted by Gasteiger charge is 2.17. The molecule has 0 saturated carbocycles. The first-order valence-corrected chi connectivity index (χ1v) is 8.06. The van der Waals surface area contributed by atoms with Crippen LogP contribution in [-0.4, -0.2) is 29.8 Å². The number of nitrogens with one attached hydrogen (secondary N) is 1. The Morgan fingerprint density at radius 1 is 1.30 bits per heavy atom. The average Bonchev–Trinajstić information content (AvgIpc) is 2.44. The third-order valence-electron chi connectivity index (χ3n) is 3.02. The van der Waals surface area contributed by atoms with Crippen molar-refractivity contribution in [1.82, 2.24) is 5.32 Å². The molecule has 1 rings (SSSR count). The lowest BCUT2D eigenvalue weighted by atomic mass is 10.0. The van der Waals surface area contributed by atoms with E-state index < -0.39 is 11.9 Å². The van der Waals surface area contributed by atoms with Crippen LogP contribution < -0.4 is 5.32 Å². The summed E-state index contributed by atoms with van der Waals surface area (Å²) >= 11 is 1.73. The Kier molecular flexibility index (Phi) is 7.15. The summed E-state index contributed by atoms with van der Waals surface area (Å²) in [6, 6.07) is 7.39. The zero-order valence-electron chi connectivity index (χ0n) is 11.9. The largest absolute Gasteiger partial charge is 0.481 e. The zero-order valence-corrected chi connectivity index (χ0v) is 12.7. The SMILES string of the molecule is CCCC(CNC(=O)c1ccc(CSC)cc1)C(=O)O. The molecule has 4 nitrogen and oxygen atoms in total. The van der Waals surface area contributed by atoms with Crippen molar-refractivity contribution in [1.29, 1.82) is 0 Å². The van der Waals surface area contributed by atoms with E-state index in [1.807, 2.05) is 25.3 Å². The van der Waals surface area contributed by atoms with E-state index in [4.69, 9.17) is 5.11 Å². The quantitative estimate of drug-likeness (QED) is 0.774. The van der Waals surface area contributed by atoms with Crippen LogP contribution in [0.4, 0.5) is 0 Å². The fourth-order valence-electron chi connectivity index (χ4n) is 1.90. The second-order valence-electron chi connectivity index (χ2n) is 4.66. The average molecular weight is 295 g/mol. The molecule has 0 bridgehead atoms. The molecule has 0 aromatic heterocycles. The minimum absolute atomic E-state index is 0.175. The molecule has 20 heavy (non-hydrogen) atoms. The fraction of sp³-hybridized carbons (Fsp3) is 0.467. The smallest absolute Gasteiger partial charge is 0.308 e. The number of hydrogen-bond donors (Lipinski definition) is 2. The van der Waals surface area contributed by atoms with Gasteiger partial charge >= 0.3 is 5.97 Å². The van der Waals surface area contributed by atoms with Crippen LogP contribution in [0.5, 0.6) is 0 Å². The number of carboxylic acids is 1. The first-order valence-electron chi connectivity index (χ1n) is 6.67. The number of aliphatic carboxylic acids is 1. The molecule has 1 aromatic carbocycles. The van der Waals surface area contributed by atoms with E-state index >= 15 is 0 Å². The van der Waals surface area contributed by atoms with Gasteiger partial charge < -0.3 is 10.4 Å². The second kappa shape index (κ2) is 8.64. The molecule has 0 saturated heterocycles. The molecule has 1 atom stereocenters. The number of carboxylic acid groups (broad SMARTS) is 1. The maximum absolute atomic E-state index is 11.9. The lowest BCUT2D eigenvalue weighted by Crippen LogP contribution is -2.32. The van der Waals surface area contributed by atoms with Gasteiger partial charge in [-0.05, 0) is 30.4 Å². The zero-order chi connectivity index (χ0) is 15.0. The molecule has 1 amide bonds. The van der Waals surface area contributed by atoms with Crippen molar-refractivity contribution in [3.8, 4) is 0 Å². The van der Waals surface area contributed by atoms with Crippen LogP contribution in [0.3, 0.4) is 0 Å². The Balaban J connectivity index is 2.55. The minimum Gasteiger partial charge on any atom is -0.481 e. The molecule has 0 spiro atoms. The normalized spacial score (nSPS) is 11.9. The maximum atomic E-state index is 11.9. The lowest BCUT2D eigenvalue weighted by Gasteiger charge is -2.12. The van der Waals surface area contributed by atoms with Gasteiger partial charge in [0, 0.05) is 17.9 Å². The molecule has 0 radical (unpaired) electrons. The fourth-order valence-corrected chi connectivity index (χ4v) is 2.42. The molecule has 1 aromatic rings. The van der Waals surface area contributed by atoms with Crippen molar-refractivity contribution >= 4 is 23.6 Å². The van der Waals surface area contributed by atoms with Gasteiger partial charge in [-0.15, -0.1) is 0 Å². The van der Waals surface area contributed by atoms with Gasteiger partial charge in [-0.25, -0.2) is 0 Å². The van der Waals surface area contributed by atoms with E-state index in [-0.39, 0.29) is 12.5 Å². The molecule has 0 aliphatic heterocycles. The monoisotopic (exact) mass is 295 g/mol. The van der Waals surface area contributed by atoms with E-state index in [1.165, 1.54) is 5.56 Å². The molecule has 2 N–H and O–H groups in total. The minimum atomic E-state index is -0.859. The van der Waals surface area contributed by atoms with E-state index in [1.54, 1.807) is 23.9 Å². The van der Waals surface area contributed by atoms with Crippen LogP contribution in [-0.2, 0) is 10.5 Å². The molecule has 0 aliphatic carbocycles. The molecule has 5 heteroatoms. The number of carbonyl (C=O) groups excluding carboxylic acids is 1. The summed E-state index contributed by atoms with van der Waals surface area (Å²) in [6.45, 7) is 2.11. The van der Waals surface area contributed by atoms with Gasteiger partial charge in [-0.1, -0.05) is 25.5 Å². The van der Waals surface area contributed by atoms with Crippen LogP contribution in [0.15, 0.2) is 24.3 Å². The number of benzene rings is 1. The molecular weight excluding hydrogens is 274 g/mol. The second-order valence-corrected chi connectivity index (χ2v) is 5.53. The number of carbonyl (C=O) groups is 2. The highest BCUT2D eigenvalue weighted by atomic mass is 32.2. The summed E-state index contributed by atoms with van der Waals surface area (Å²) in [7, 11) is 0. The van der Waals surface area contributed by atoms with E-state index in [9.17, 15) is 9.59 Å². The van der Waals surface area contributed by atoms with Crippen LogP contribution in [0.25, 0.3) is 0 Å². The van der Waals surface area contributed by atoms with Crippen molar-refractivity contribution in [3.05, 3.63) is 35.4 Å². The number of amides is 1. The van der Waals surface area contributed by atoms with Gasteiger partial charge in [-0.2, -0.15) is 11.8 Å². The topological polar surface area (TPSA) is 66.4 Å². The first kappa shape index (κ1) is 16.6. The van der Waals surface area contributed by atoms with E-state index in [0.717, 1.165) is 12.2 Å². The van der Waals surface area contributed by atoms with Crippen molar-refractivity contribution in [3.63, 3.8) is 0 Å². The summed E-state index contributed by atoms with van der Waals surface area (Å²) < 4.78 is 0. The summed E-state index contributed by atoms with van der Waals surface area (Å²) in [4.78, 5) is 22.9. The van der Waals surface area contributed by atoms with Gasteiger partial charge in [0.2, 0.25) is 0 Å². The third-order valence-corrected chi connectivity index (χ3v) is 3.64. The Hall–Kier alpha value is -1.49. The Morgan fingerprint density at radius 3 is 2.45 bits per heavy atom. The lowest BCUT2D eigenvalue weighted by molar-refractivity contribution is -0.141. The summed E-state index contributed by atoms with van der Waals surface area (Å²) in [5.41, 5.74) is 1.74. The van der Waals surface area contributed by atoms with Crippen LogP contribution in [0.2, 0.25) is 0 Å². The van der Waals surface area contributed by atoms with Crippen molar-refractivity contribution < 1.29 is 14.7 Å². The Bertz CT molecular complexity index is 445. The highest BCUT2D eigenvalue weighted by molar-refractivity contribution is 7.97. The number of rotatable bonds is 8. The number of thioether (sulfide) groups is 1. The van der Waals surface area contributed by atoms with Crippen molar-refractivity contribution in [2.45, 2.75) is 25.5 Å². The molecule has 0 heterocycles. The van der Waals surface area contributed by atoms with E-state index in [0.29, 0.717) is 12.0 Å². The van der Waals surface area contributed by atoms with Gasteiger partial charge in [0.05, 0.1) is 5.92 Å². The Labute approximate surface area is 124 Å². The molecule has 110 valence electrons. The van der Waals surface area contributed by atoms with Crippen LogP contribution >= 0.6 is 11.8 Å². The predicted molar refractivity (Wildman–Crippen MR) is 82.0 cm³/mol. The first-order chi connectivity index (χ1) is 9.58. The third kappa shape index (κ3) is 5.25. The molecule has 0 fully saturated rings. The van der Waals surface area contributed by atoms with Crippen LogP contribution in [0.1, 0.15) is 35.7 Å². The van der Waals surface area contributed by atoms with Gasteiger partial charge in [0.15, 0.2) is 0 Å².